The second-order valence-corrected chi connectivity index (χ2v) is 8.95. The van der Waals surface area contributed by atoms with E-state index in [1.54, 1.807) is 7.11 Å². The van der Waals surface area contributed by atoms with Crippen molar-refractivity contribution in [2.45, 2.75) is 52.2 Å². The van der Waals surface area contributed by atoms with Gasteiger partial charge in [0, 0.05) is 18.9 Å². The van der Waals surface area contributed by atoms with Gasteiger partial charge in [-0.05, 0) is 30.6 Å². The lowest BCUT2D eigenvalue weighted by molar-refractivity contribution is -0.168. The van der Waals surface area contributed by atoms with Crippen LogP contribution >= 0.6 is 0 Å². The predicted octanol–water partition coefficient (Wildman–Crippen LogP) is 3.20. The largest absolute Gasteiger partial charge is 0.469 e. The van der Waals surface area contributed by atoms with E-state index in [2.05, 4.69) is 20.8 Å². The molecular weight excluding hydrogens is 360 g/mol. The van der Waals surface area contributed by atoms with Gasteiger partial charge in [-0.1, -0.05) is 39.3 Å². The molecule has 0 unspecified atom stereocenters. The number of rotatable bonds is 7. The first kappa shape index (κ1) is 21.3. The number of carbonyl (C=O) groups excluding carboxylic acids is 2. The Morgan fingerprint density at radius 2 is 1.68 bits per heavy atom. The van der Waals surface area contributed by atoms with E-state index in [9.17, 15) is 9.59 Å². The van der Waals surface area contributed by atoms with Crippen molar-refractivity contribution in [2.24, 2.45) is 41.4 Å². The highest BCUT2D eigenvalue weighted by atomic mass is 16.7. The fraction of sp³-hybridized carbons (Fsp3) is 0.818. The Bertz CT molecular complexity index is 600. The monoisotopic (exact) mass is 394 g/mol. The Hall–Kier alpha value is -1.40. The lowest BCUT2D eigenvalue weighted by Gasteiger charge is -2.38. The summed E-state index contributed by atoms with van der Waals surface area (Å²) in [6.07, 6.45) is 6.75. The number of hydrogen-bond acceptors (Lipinski definition) is 6. The van der Waals surface area contributed by atoms with Crippen LogP contribution in [-0.2, 0) is 28.5 Å². The van der Waals surface area contributed by atoms with Gasteiger partial charge in [0.1, 0.15) is 12.9 Å². The Kier molecular flexibility index (Phi) is 6.81. The number of carbonyl (C=O) groups is 2. The van der Waals surface area contributed by atoms with Crippen LogP contribution in [0, 0.1) is 41.4 Å². The topological polar surface area (TPSA) is 71.1 Å². The molecule has 2 bridgehead atoms. The maximum atomic E-state index is 13.3. The summed E-state index contributed by atoms with van der Waals surface area (Å²) in [6, 6.07) is 0. The van der Waals surface area contributed by atoms with Gasteiger partial charge in [0.2, 0.25) is 0 Å². The lowest BCUT2D eigenvalue weighted by atomic mass is 9.75. The summed E-state index contributed by atoms with van der Waals surface area (Å²) < 4.78 is 21.9. The van der Waals surface area contributed by atoms with Gasteiger partial charge in [-0.3, -0.25) is 9.59 Å². The number of fused-ring (bicyclic) bond motifs is 2. The molecule has 6 nitrogen and oxygen atoms in total. The first-order chi connectivity index (χ1) is 13.4. The second kappa shape index (κ2) is 8.95. The van der Waals surface area contributed by atoms with Gasteiger partial charge in [-0.15, -0.1) is 0 Å². The molecule has 0 heterocycles. The zero-order valence-electron chi connectivity index (χ0n) is 17.6. The average Bonchev–Trinajstić information content (AvgIpc) is 3.20. The summed E-state index contributed by atoms with van der Waals surface area (Å²) >= 11 is 0. The van der Waals surface area contributed by atoms with Crippen LogP contribution < -0.4 is 0 Å². The minimum atomic E-state index is -0.562. The summed E-state index contributed by atoms with van der Waals surface area (Å²) in [6.45, 7) is 6.72. The Morgan fingerprint density at radius 3 is 2.25 bits per heavy atom. The predicted molar refractivity (Wildman–Crippen MR) is 103 cm³/mol. The van der Waals surface area contributed by atoms with E-state index in [4.69, 9.17) is 18.9 Å². The number of hydrogen-bond donors (Lipinski definition) is 0. The fourth-order valence-electron chi connectivity index (χ4n) is 5.45. The Balaban J connectivity index is 1.78. The molecule has 3 aliphatic rings. The van der Waals surface area contributed by atoms with E-state index in [1.165, 1.54) is 13.5 Å². The summed E-state index contributed by atoms with van der Waals surface area (Å²) in [7, 11) is 2.92. The molecule has 3 aliphatic carbocycles. The highest BCUT2D eigenvalue weighted by Gasteiger charge is 2.59. The van der Waals surface area contributed by atoms with Gasteiger partial charge in [-0.2, -0.15) is 0 Å². The molecule has 0 aromatic carbocycles. The molecule has 0 aromatic rings. The van der Waals surface area contributed by atoms with Crippen LogP contribution in [0.3, 0.4) is 0 Å². The number of ether oxygens (including phenoxy) is 4. The normalized spacial score (nSPS) is 39.4. The van der Waals surface area contributed by atoms with E-state index < -0.39 is 11.8 Å². The molecule has 0 aliphatic heterocycles. The molecule has 158 valence electrons. The zero-order valence-corrected chi connectivity index (χ0v) is 17.6. The van der Waals surface area contributed by atoms with Crippen LogP contribution in [0.1, 0.15) is 40.0 Å². The van der Waals surface area contributed by atoms with E-state index in [0.717, 1.165) is 12.8 Å². The molecule has 0 spiro atoms. The van der Waals surface area contributed by atoms with Crippen LogP contribution in [0.5, 0.6) is 0 Å². The lowest BCUT2D eigenvalue weighted by Crippen LogP contribution is -2.41. The number of esters is 2. The third kappa shape index (κ3) is 3.99. The van der Waals surface area contributed by atoms with Crippen molar-refractivity contribution in [3.63, 3.8) is 0 Å². The van der Waals surface area contributed by atoms with Crippen LogP contribution in [0.2, 0.25) is 0 Å². The summed E-state index contributed by atoms with van der Waals surface area (Å²) in [4.78, 5) is 25.8. The molecule has 28 heavy (non-hydrogen) atoms. The quantitative estimate of drug-likeness (QED) is 0.375. The third-order valence-electron chi connectivity index (χ3n) is 6.88. The van der Waals surface area contributed by atoms with E-state index >= 15 is 0 Å². The van der Waals surface area contributed by atoms with Crippen molar-refractivity contribution < 1.29 is 28.5 Å². The van der Waals surface area contributed by atoms with Crippen molar-refractivity contribution in [1.82, 2.24) is 0 Å². The Labute approximate surface area is 167 Å². The average molecular weight is 395 g/mol. The molecule has 3 rings (SSSR count). The summed E-state index contributed by atoms with van der Waals surface area (Å²) in [5.74, 6) is -0.785. The molecule has 0 N–H and O–H groups in total. The van der Waals surface area contributed by atoms with Crippen molar-refractivity contribution in [3.8, 4) is 0 Å². The van der Waals surface area contributed by atoms with E-state index in [-0.39, 0.29) is 42.8 Å². The third-order valence-corrected chi connectivity index (χ3v) is 6.88. The maximum Gasteiger partial charge on any atom is 0.310 e. The smallest absolute Gasteiger partial charge is 0.310 e. The van der Waals surface area contributed by atoms with Crippen LogP contribution in [0.15, 0.2) is 12.2 Å². The van der Waals surface area contributed by atoms with Crippen molar-refractivity contribution >= 4 is 11.9 Å². The van der Waals surface area contributed by atoms with Gasteiger partial charge in [0.15, 0.2) is 0 Å². The van der Waals surface area contributed by atoms with Crippen LogP contribution in [0.4, 0.5) is 0 Å². The van der Waals surface area contributed by atoms with E-state index in [1.807, 2.05) is 12.2 Å². The summed E-state index contributed by atoms with van der Waals surface area (Å²) in [5, 5.41) is 0. The van der Waals surface area contributed by atoms with Crippen LogP contribution in [-0.4, -0.2) is 45.2 Å². The standard InChI is InChI=1S/C22H34O6/c1-12(2)14-7-6-13(3)10-17(14)28-22(24)19-16-9-8-15(18(19)21(23)26-5)20(16)27-11-25-4/h8-9,12-20H,6-7,10-11H2,1-5H3/t13-,14+,15+,16-,17-,18+,19+,20+/m1/s1. The second-order valence-electron chi connectivity index (χ2n) is 8.95. The molecular formula is C22H34O6. The molecule has 2 fully saturated rings. The maximum absolute atomic E-state index is 13.3. The van der Waals surface area contributed by atoms with Gasteiger partial charge in [0.25, 0.3) is 0 Å². The van der Waals surface area contributed by atoms with Crippen molar-refractivity contribution in [2.75, 3.05) is 21.0 Å². The van der Waals surface area contributed by atoms with Gasteiger partial charge in [0.05, 0.1) is 25.0 Å². The zero-order chi connectivity index (χ0) is 20.4. The van der Waals surface area contributed by atoms with Gasteiger partial charge >= 0.3 is 11.9 Å². The molecule has 0 amide bonds. The molecule has 0 saturated heterocycles. The SMILES string of the molecule is COCO[C@H]1[C@H]2C=C[C@@H]1[C@H](C(=O)O[C@@H]1C[C@H](C)CC[C@H]1C(C)C)[C@H]2C(=O)OC. The van der Waals surface area contributed by atoms with E-state index in [0.29, 0.717) is 17.8 Å². The van der Waals surface area contributed by atoms with Crippen molar-refractivity contribution in [1.29, 1.82) is 0 Å². The van der Waals surface area contributed by atoms with Gasteiger partial charge < -0.3 is 18.9 Å². The minimum Gasteiger partial charge on any atom is -0.469 e. The van der Waals surface area contributed by atoms with Gasteiger partial charge in [-0.25, -0.2) is 0 Å². The molecule has 2 saturated carbocycles. The van der Waals surface area contributed by atoms with Crippen LogP contribution in [0.25, 0.3) is 0 Å². The first-order valence-electron chi connectivity index (χ1n) is 10.5. The number of methoxy groups -OCH3 is 2. The van der Waals surface area contributed by atoms with Crippen molar-refractivity contribution in [3.05, 3.63) is 12.2 Å². The highest BCUT2D eigenvalue weighted by molar-refractivity contribution is 5.85. The summed E-state index contributed by atoms with van der Waals surface area (Å²) in [5.41, 5.74) is 0. The molecule has 6 heteroatoms. The molecule has 0 aromatic heterocycles. The minimum absolute atomic E-state index is 0.0870. The molecule has 0 radical (unpaired) electrons. The first-order valence-corrected chi connectivity index (χ1v) is 10.5. The fourth-order valence-corrected chi connectivity index (χ4v) is 5.45. The Morgan fingerprint density at radius 1 is 1.04 bits per heavy atom. The highest BCUT2D eigenvalue weighted by Crippen LogP contribution is 2.51. The molecule has 8 atom stereocenters.